The SMILES string of the molecule is Brc1cccc(Oc2ncnc3cc(OCc4ccccc4)c(OCc4ccccc4)cc23)c1. The van der Waals surface area contributed by atoms with Crippen LogP contribution in [0, 0.1) is 0 Å². The van der Waals surface area contributed by atoms with E-state index in [2.05, 4.69) is 25.9 Å². The molecule has 5 rings (SSSR count). The van der Waals surface area contributed by atoms with E-state index in [0.717, 1.165) is 21.0 Å². The van der Waals surface area contributed by atoms with Crippen molar-refractivity contribution in [1.29, 1.82) is 0 Å². The van der Waals surface area contributed by atoms with Crippen molar-refractivity contribution < 1.29 is 14.2 Å². The van der Waals surface area contributed by atoms with Crippen molar-refractivity contribution in [2.75, 3.05) is 0 Å². The molecule has 0 fully saturated rings. The molecule has 0 unspecified atom stereocenters. The van der Waals surface area contributed by atoms with Gasteiger partial charge in [0.2, 0.25) is 5.88 Å². The van der Waals surface area contributed by atoms with Gasteiger partial charge in [0.1, 0.15) is 25.3 Å². The lowest BCUT2D eigenvalue weighted by molar-refractivity contribution is 0.256. The number of hydrogen-bond acceptors (Lipinski definition) is 5. The Morgan fingerprint density at radius 2 is 1.29 bits per heavy atom. The van der Waals surface area contributed by atoms with E-state index in [1.54, 1.807) is 0 Å². The molecule has 5 aromatic rings. The standard InChI is InChI=1S/C28H21BrN2O3/c29-22-12-7-13-23(14-22)34-28-24-15-26(32-17-20-8-3-1-4-9-20)27(16-25(24)30-19-31-28)33-18-21-10-5-2-6-11-21/h1-16,19H,17-18H2. The summed E-state index contributed by atoms with van der Waals surface area (Å²) < 4.78 is 19.4. The average Bonchev–Trinajstić information content (AvgIpc) is 2.87. The summed E-state index contributed by atoms with van der Waals surface area (Å²) in [4.78, 5) is 8.81. The van der Waals surface area contributed by atoms with E-state index in [0.29, 0.717) is 41.9 Å². The van der Waals surface area contributed by atoms with Crippen molar-refractivity contribution in [1.82, 2.24) is 9.97 Å². The molecule has 6 heteroatoms. The highest BCUT2D eigenvalue weighted by molar-refractivity contribution is 9.10. The average molecular weight is 513 g/mol. The van der Waals surface area contributed by atoms with Gasteiger partial charge in [-0.25, -0.2) is 9.97 Å². The van der Waals surface area contributed by atoms with Gasteiger partial charge < -0.3 is 14.2 Å². The molecule has 0 aliphatic heterocycles. The monoisotopic (exact) mass is 512 g/mol. The maximum absolute atomic E-state index is 6.20. The Morgan fingerprint density at radius 3 is 1.94 bits per heavy atom. The van der Waals surface area contributed by atoms with Crippen LogP contribution in [0.3, 0.4) is 0 Å². The van der Waals surface area contributed by atoms with Gasteiger partial charge in [-0.3, -0.25) is 0 Å². The number of halogens is 1. The first-order valence-corrected chi connectivity index (χ1v) is 11.6. The molecule has 0 aliphatic rings. The number of aromatic nitrogens is 2. The molecular formula is C28H21BrN2O3. The largest absolute Gasteiger partial charge is 0.485 e. The molecule has 0 radical (unpaired) electrons. The Morgan fingerprint density at radius 1 is 0.647 bits per heavy atom. The molecule has 0 aliphatic carbocycles. The van der Waals surface area contributed by atoms with Crippen LogP contribution in [0.4, 0.5) is 0 Å². The summed E-state index contributed by atoms with van der Waals surface area (Å²) in [7, 11) is 0. The minimum Gasteiger partial charge on any atom is -0.485 e. The zero-order valence-corrected chi connectivity index (χ0v) is 19.8. The maximum atomic E-state index is 6.20. The van der Waals surface area contributed by atoms with Crippen LogP contribution in [0.1, 0.15) is 11.1 Å². The van der Waals surface area contributed by atoms with Crippen LogP contribution in [0.25, 0.3) is 10.9 Å². The quantitative estimate of drug-likeness (QED) is 0.217. The first kappa shape index (κ1) is 21.9. The molecule has 1 heterocycles. The number of rotatable bonds is 8. The summed E-state index contributed by atoms with van der Waals surface area (Å²) in [6, 6.07) is 31.4. The third kappa shape index (κ3) is 5.35. The Bertz CT molecular complexity index is 1400. The van der Waals surface area contributed by atoms with Crippen molar-refractivity contribution in [2.24, 2.45) is 0 Å². The van der Waals surface area contributed by atoms with Crippen LogP contribution in [0.5, 0.6) is 23.1 Å². The highest BCUT2D eigenvalue weighted by Gasteiger charge is 2.14. The second-order valence-electron chi connectivity index (χ2n) is 7.60. The smallest absolute Gasteiger partial charge is 0.230 e. The number of nitrogens with zero attached hydrogens (tertiary/aromatic N) is 2. The topological polar surface area (TPSA) is 53.5 Å². The molecule has 0 N–H and O–H groups in total. The molecule has 0 saturated heterocycles. The van der Waals surface area contributed by atoms with Crippen LogP contribution in [-0.2, 0) is 13.2 Å². The van der Waals surface area contributed by atoms with Crippen molar-refractivity contribution in [3.05, 3.63) is 119 Å². The summed E-state index contributed by atoms with van der Waals surface area (Å²) in [5.74, 6) is 2.33. The van der Waals surface area contributed by atoms with E-state index in [4.69, 9.17) is 14.2 Å². The van der Waals surface area contributed by atoms with E-state index in [-0.39, 0.29) is 0 Å². The predicted molar refractivity (Wildman–Crippen MR) is 135 cm³/mol. The molecule has 0 bridgehead atoms. The van der Waals surface area contributed by atoms with Gasteiger partial charge in [-0.2, -0.15) is 0 Å². The summed E-state index contributed by atoms with van der Waals surface area (Å²) in [6.07, 6.45) is 1.49. The van der Waals surface area contributed by atoms with Crippen LogP contribution in [-0.4, -0.2) is 9.97 Å². The molecule has 4 aromatic carbocycles. The normalized spacial score (nSPS) is 10.7. The number of benzene rings is 4. The molecule has 0 saturated carbocycles. The highest BCUT2D eigenvalue weighted by Crippen LogP contribution is 2.37. The number of hydrogen-bond donors (Lipinski definition) is 0. The zero-order valence-electron chi connectivity index (χ0n) is 18.2. The Labute approximate surface area is 206 Å². The molecule has 168 valence electrons. The molecule has 0 amide bonds. The first-order chi connectivity index (χ1) is 16.7. The lowest BCUT2D eigenvalue weighted by Crippen LogP contribution is -2.01. The molecule has 34 heavy (non-hydrogen) atoms. The van der Waals surface area contributed by atoms with E-state index in [1.807, 2.05) is 97.1 Å². The third-order valence-electron chi connectivity index (χ3n) is 5.15. The fourth-order valence-electron chi connectivity index (χ4n) is 3.46. The van der Waals surface area contributed by atoms with Crippen molar-refractivity contribution in [2.45, 2.75) is 13.2 Å². The van der Waals surface area contributed by atoms with Gasteiger partial charge in [-0.15, -0.1) is 0 Å². The predicted octanol–water partition coefficient (Wildman–Crippen LogP) is 7.34. The van der Waals surface area contributed by atoms with Gasteiger partial charge in [0.05, 0.1) is 10.9 Å². The van der Waals surface area contributed by atoms with Gasteiger partial charge in [-0.1, -0.05) is 82.7 Å². The fraction of sp³-hybridized carbons (Fsp3) is 0.0714. The second kappa shape index (κ2) is 10.4. The Hall–Kier alpha value is -3.90. The summed E-state index contributed by atoms with van der Waals surface area (Å²) >= 11 is 3.48. The third-order valence-corrected chi connectivity index (χ3v) is 5.64. The number of fused-ring (bicyclic) bond motifs is 1. The van der Waals surface area contributed by atoms with Crippen LogP contribution in [0.2, 0.25) is 0 Å². The van der Waals surface area contributed by atoms with Gasteiger partial charge in [-0.05, 0) is 35.4 Å². The van der Waals surface area contributed by atoms with Gasteiger partial charge in [0, 0.05) is 10.5 Å². The summed E-state index contributed by atoms with van der Waals surface area (Å²) in [6.45, 7) is 0.823. The second-order valence-corrected chi connectivity index (χ2v) is 8.52. The lowest BCUT2D eigenvalue weighted by atomic mass is 10.2. The summed E-state index contributed by atoms with van der Waals surface area (Å²) in [5.41, 5.74) is 2.83. The van der Waals surface area contributed by atoms with E-state index in [9.17, 15) is 0 Å². The van der Waals surface area contributed by atoms with E-state index < -0.39 is 0 Å². The van der Waals surface area contributed by atoms with Gasteiger partial charge in [0.25, 0.3) is 0 Å². The summed E-state index contributed by atoms with van der Waals surface area (Å²) in [5, 5.41) is 0.734. The zero-order chi connectivity index (χ0) is 23.2. The van der Waals surface area contributed by atoms with Crippen molar-refractivity contribution in [3.8, 4) is 23.1 Å². The van der Waals surface area contributed by atoms with Crippen LogP contribution < -0.4 is 14.2 Å². The molecular weight excluding hydrogens is 492 g/mol. The van der Waals surface area contributed by atoms with E-state index in [1.165, 1.54) is 6.33 Å². The highest BCUT2D eigenvalue weighted by atomic mass is 79.9. The fourth-order valence-corrected chi connectivity index (χ4v) is 3.84. The molecule has 0 atom stereocenters. The van der Waals surface area contributed by atoms with Gasteiger partial charge in [0.15, 0.2) is 11.5 Å². The number of ether oxygens (including phenoxy) is 3. The minimum atomic E-state index is 0.406. The van der Waals surface area contributed by atoms with Crippen LogP contribution in [0.15, 0.2) is 108 Å². The molecule has 5 nitrogen and oxygen atoms in total. The Balaban J connectivity index is 1.49. The van der Waals surface area contributed by atoms with Crippen molar-refractivity contribution in [3.63, 3.8) is 0 Å². The molecule has 0 spiro atoms. The van der Waals surface area contributed by atoms with Gasteiger partial charge >= 0.3 is 0 Å². The lowest BCUT2D eigenvalue weighted by Gasteiger charge is -2.15. The van der Waals surface area contributed by atoms with Crippen LogP contribution >= 0.6 is 15.9 Å². The maximum Gasteiger partial charge on any atom is 0.230 e. The Kier molecular flexibility index (Phi) is 6.68. The molecule has 1 aromatic heterocycles. The minimum absolute atomic E-state index is 0.406. The first-order valence-electron chi connectivity index (χ1n) is 10.8. The van der Waals surface area contributed by atoms with E-state index >= 15 is 0 Å². The van der Waals surface area contributed by atoms with Crippen molar-refractivity contribution >= 4 is 26.8 Å².